The lowest BCUT2D eigenvalue weighted by atomic mass is 9.85. The third kappa shape index (κ3) is 4.83. The summed E-state index contributed by atoms with van der Waals surface area (Å²) in [6.07, 6.45) is 0.0324. The molecule has 1 aliphatic carbocycles. The number of halogens is 1. The minimum absolute atomic E-state index is 0.0124. The van der Waals surface area contributed by atoms with Gasteiger partial charge in [-0.1, -0.05) is 38.4 Å². The lowest BCUT2D eigenvalue weighted by Gasteiger charge is -2.20. The van der Waals surface area contributed by atoms with Gasteiger partial charge in [0.1, 0.15) is 18.5 Å². The maximum absolute atomic E-state index is 12.9. The molecule has 0 aliphatic heterocycles. The smallest absolute Gasteiger partial charge is 0.261 e. The summed E-state index contributed by atoms with van der Waals surface area (Å²) in [7, 11) is 0. The molecule has 1 aromatic carbocycles. The molecule has 1 aromatic heterocycles. The van der Waals surface area contributed by atoms with Crippen LogP contribution in [-0.2, 0) is 13.0 Å². The van der Waals surface area contributed by atoms with Crippen LogP contribution in [0, 0.1) is 18.8 Å². The maximum Gasteiger partial charge on any atom is 0.261 e. The number of aliphatic hydroxyl groups is 2. The van der Waals surface area contributed by atoms with Crippen LogP contribution in [0.15, 0.2) is 18.2 Å². The quantitative estimate of drug-likeness (QED) is 0.559. The van der Waals surface area contributed by atoms with Crippen molar-refractivity contribution in [2.24, 2.45) is 11.8 Å². The Balaban J connectivity index is 1.66. The molecule has 30 heavy (non-hydrogen) atoms. The van der Waals surface area contributed by atoms with Crippen LogP contribution in [0.2, 0.25) is 5.02 Å². The van der Waals surface area contributed by atoms with Crippen molar-refractivity contribution in [1.82, 2.24) is 5.32 Å². The monoisotopic (exact) mass is 451 g/mol. The van der Waals surface area contributed by atoms with E-state index in [9.17, 15) is 9.90 Å². The third-order valence-electron chi connectivity index (χ3n) is 5.95. The molecule has 0 saturated heterocycles. The number of aryl methyl sites for hydroxylation is 1. The Morgan fingerprint density at radius 3 is 2.77 bits per heavy atom. The molecule has 3 N–H and O–H groups in total. The molecule has 0 fully saturated rings. The lowest BCUT2D eigenvalue weighted by molar-refractivity contribution is 0.0536. The van der Waals surface area contributed by atoms with Gasteiger partial charge in [-0.25, -0.2) is 0 Å². The number of thiophene rings is 1. The van der Waals surface area contributed by atoms with Gasteiger partial charge in [-0.15, -0.1) is 11.3 Å². The highest BCUT2D eigenvalue weighted by Crippen LogP contribution is 2.47. The van der Waals surface area contributed by atoms with Crippen molar-refractivity contribution in [3.63, 3.8) is 0 Å². The van der Waals surface area contributed by atoms with Crippen LogP contribution >= 0.6 is 22.9 Å². The minimum atomic E-state index is -0.934. The number of benzene rings is 1. The van der Waals surface area contributed by atoms with Crippen molar-refractivity contribution in [1.29, 1.82) is 0 Å². The molecular weight excluding hydrogens is 422 g/mol. The molecule has 5 nitrogen and oxygen atoms in total. The van der Waals surface area contributed by atoms with Crippen molar-refractivity contribution >= 4 is 28.8 Å². The first-order valence-electron chi connectivity index (χ1n) is 10.3. The number of carbonyl (C=O) groups is 1. The van der Waals surface area contributed by atoms with E-state index in [2.05, 4.69) is 33.0 Å². The number of amides is 1. The Kier molecular flexibility index (Phi) is 7.45. The van der Waals surface area contributed by atoms with E-state index in [4.69, 9.17) is 21.4 Å². The molecule has 1 amide bonds. The second-order valence-corrected chi connectivity index (χ2v) is 10.00. The average Bonchev–Trinajstić information content (AvgIpc) is 3.22. The standard InChI is InChI=1S/C23H30ClNO4S/c1-12(2)18-8-19-21(13(18)3)14(4)30-22(19)23(28)25-9-15-5-6-17(7-20(15)24)29-11-16(27)10-26/h5-7,12-13,16,18,26-27H,8-11H2,1-4H3,(H,25,28)/t13-,16+,18?/m1/s1. The first kappa shape index (κ1) is 23.1. The number of hydrogen-bond donors (Lipinski definition) is 3. The van der Waals surface area contributed by atoms with Gasteiger partial charge >= 0.3 is 0 Å². The van der Waals surface area contributed by atoms with Crippen LogP contribution in [0.3, 0.4) is 0 Å². The number of fused-ring (bicyclic) bond motifs is 1. The van der Waals surface area contributed by atoms with E-state index in [1.54, 1.807) is 29.5 Å². The summed E-state index contributed by atoms with van der Waals surface area (Å²) in [6.45, 7) is 8.86. The zero-order valence-corrected chi connectivity index (χ0v) is 19.4. The topological polar surface area (TPSA) is 78.8 Å². The maximum atomic E-state index is 12.9. The van der Waals surface area contributed by atoms with E-state index in [-0.39, 0.29) is 19.1 Å². The third-order valence-corrected chi connectivity index (χ3v) is 7.46. The van der Waals surface area contributed by atoms with E-state index in [1.807, 2.05) is 0 Å². The van der Waals surface area contributed by atoms with Crippen LogP contribution in [-0.4, -0.2) is 35.4 Å². The molecule has 1 unspecified atom stereocenters. The number of rotatable bonds is 8. The Morgan fingerprint density at radius 1 is 1.40 bits per heavy atom. The van der Waals surface area contributed by atoms with Crippen molar-refractivity contribution in [2.75, 3.05) is 13.2 Å². The van der Waals surface area contributed by atoms with Gasteiger partial charge in [0.2, 0.25) is 0 Å². The molecule has 0 saturated carbocycles. The Hall–Kier alpha value is -1.60. The van der Waals surface area contributed by atoms with Gasteiger partial charge in [-0.2, -0.15) is 0 Å². The summed E-state index contributed by atoms with van der Waals surface area (Å²) in [5.74, 6) is 2.11. The number of aliphatic hydroxyl groups excluding tert-OH is 2. The van der Waals surface area contributed by atoms with Gasteiger partial charge in [0.15, 0.2) is 0 Å². The number of nitrogens with one attached hydrogen (secondary N) is 1. The highest BCUT2D eigenvalue weighted by Gasteiger charge is 2.37. The molecule has 0 spiro atoms. The summed E-state index contributed by atoms with van der Waals surface area (Å²) >= 11 is 7.92. The number of ether oxygens (including phenoxy) is 1. The van der Waals surface area contributed by atoms with Crippen LogP contribution in [0.5, 0.6) is 5.75 Å². The summed E-state index contributed by atoms with van der Waals surface area (Å²) < 4.78 is 5.40. The zero-order valence-electron chi connectivity index (χ0n) is 17.9. The van der Waals surface area contributed by atoms with E-state index < -0.39 is 6.10 Å². The van der Waals surface area contributed by atoms with E-state index >= 15 is 0 Å². The Bertz CT molecular complexity index is 911. The molecule has 2 aromatic rings. The number of carbonyl (C=O) groups excluding carboxylic acids is 1. The summed E-state index contributed by atoms with van der Waals surface area (Å²) in [6, 6.07) is 5.18. The fourth-order valence-electron chi connectivity index (χ4n) is 4.29. The Labute approximate surface area is 187 Å². The zero-order chi connectivity index (χ0) is 22.0. The van der Waals surface area contributed by atoms with E-state index in [0.717, 1.165) is 16.9 Å². The number of hydrogen-bond acceptors (Lipinski definition) is 5. The normalized spacial score (nSPS) is 19.1. The van der Waals surface area contributed by atoms with Gasteiger partial charge in [0.05, 0.1) is 11.5 Å². The van der Waals surface area contributed by atoms with Crippen molar-refractivity contribution in [2.45, 2.75) is 52.7 Å². The van der Waals surface area contributed by atoms with Crippen LogP contribution in [0.1, 0.15) is 57.9 Å². The second kappa shape index (κ2) is 9.69. The van der Waals surface area contributed by atoms with Crippen LogP contribution in [0.4, 0.5) is 0 Å². The highest BCUT2D eigenvalue weighted by atomic mass is 35.5. The van der Waals surface area contributed by atoms with Crippen molar-refractivity contribution in [3.05, 3.63) is 49.7 Å². The molecule has 1 heterocycles. The molecule has 3 atom stereocenters. The molecule has 0 radical (unpaired) electrons. The Morgan fingerprint density at radius 2 is 2.13 bits per heavy atom. The highest BCUT2D eigenvalue weighted by molar-refractivity contribution is 7.14. The molecule has 7 heteroatoms. The largest absolute Gasteiger partial charge is 0.491 e. The first-order valence-corrected chi connectivity index (χ1v) is 11.5. The molecule has 3 rings (SSSR count). The first-order chi connectivity index (χ1) is 14.2. The summed E-state index contributed by atoms with van der Waals surface area (Å²) in [4.78, 5) is 15.0. The van der Waals surface area contributed by atoms with Crippen LogP contribution < -0.4 is 10.1 Å². The molecule has 164 valence electrons. The SMILES string of the molecule is Cc1sc(C(=O)NCc2ccc(OC[C@@H](O)CO)cc2Cl)c2c1[C@H](C)C(C(C)C)C2. The fourth-order valence-corrected chi connectivity index (χ4v) is 5.73. The summed E-state index contributed by atoms with van der Waals surface area (Å²) in [5, 5.41) is 21.7. The summed E-state index contributed by atoms with van der Waals surface area (Å²) in [5.41, 5.74) is 3.38. The molecule has 0 bridgehead atoms. The average molecular weight is 452 g/mol. The van der Waals surface area contributed by atoms with Gasteiger partial charge in [-0.05, 0) is 59.9 Å². The fraction of sp³-hybridized carbons (Fsp3) is 0.522. The van der Waals surface area contributed by atoms with Gasteiger partial charge in [-0.3, -0.25) is 4.79 Å². The predicted molar refractivity (Wildman–Crippen MR) is 121 cm³/mol. The van der Waals surface area contributed by atoms with E-state index in [0.29, 0.717) is 35.1 Å². The van der Waals surface area contributed by atoms with Gasteiger partial charge in [0, 0.05) is 16.4 Å². The lowest BCUT2D eigenvalue weighted by Crippen LogP contribution is -2.23. The second-order valence-electron chi connectivity index (χ2n) is 8.36. The minimum Gasteiger partial charge on any atom is -0.491 e. The van der Waals surface area contributed by atoms with E-state index in [1.165, 1.54) is 16.0 Å². The van der Waals surface area contributed by atoms with Crippen LogP contribution in [0.25, 0.3) is 0 Å². The van der Waals surface area contributed by atoms with Gasteiger partial charge in [0.25, 0.3) is 5.91 Å². The predicted octanol–water partition coefficient (Wildman–Crippen LogP) is 4.30. The van der Waals surface area contributed by atoms with Crippen molar-refractivity contribution in [3.8, 4) is 5.75 Å². The van der Waals surface area contributed by atoms with Gasteiger partial charge < -0.3 is 20.3 Å². The molecular formula is C23H30ClNO4S. The van der Waals surface area contributed by atoms with Crippen molar-refractivity contribution < 1.29 is 19.7 Å². The molecule has 1 aliphatic rings.